The number of hydrogen-bond donors (Lipinski definition) is 0. The van der Waals surface area contributed by atoms with Gasteiger partial charge in [0.25, 0.3) is 0 Å². The zero-order valence-corrected chi connectivity index (χ0v) is 13.8. The first-order valence-electron chi connectivity index (χ1n) is 8.11. The first-order valence-corrected chi connectivity index (χ1v) is 8.11. The Morgan fingerprint density at radius 3 is 2.48 bits per heavy atom. The van der Waals surface area contributed by atoms with Crippen LogP contribution in [-0.4, -0.2) is 12.1 Å². The van der Waals surface area contributed by atoms with Gasteiger partial charge in [0.1, 0.15) is 6.10 Å². The molecule has 0 aromatic heterocycles. The molecule has 0 saturated heterocycles. The molecule has 0 bridgehead atoms. The van der Waals surface area contributed by atoms with E-state index in [1.807, 2.05) is 26.8 Å². The molecular formula is C19H28O2. The van der Waals surface area contributed by atoms with Crippen molar-refractivity contribution in [1.29, 1.82) is 0 Å². The summed E-state index contributed by atoms with van der Waals surface area (Å²) in [5.41, 5.74) is 0.923. The van der Waals surface area contributed by atoms with E-state index in [0.29, 0.717) is 11.8 Å². The van der Waals surface area contributed by atoms with Gasteiger partial charge >= 0.3 is 5.97 Å². The number of esters is 1. The number of hydrogen-bond acceptors (Lipinski definition) is 2. The predicted octanol–water partition coefficient (Wildman–Crippen LogP) is 4.62. The third kappa shape index (κ3) is 4.59. The molecule has 2 rings (SSSR count). The average molecular weight is 288 g/mol. The van der Waals surface area contributed by atoms with Gasteiger partial charge in [0.05, 0.1) is 5.41 Å². The lowest BCUT2D eigenvalue weighted by atomic mass is 9.77. The molecule has 1 saturated carbocycles. The Hall–Kier alpha value is -1.31. The van der Waals surface area contributed by atoms with Crippen molar-refractivity contribution < 1.29 is 9.53 Å². The third-order valence-corrected chi connectivity index (χ3v) is 4.40. The van der Waals surface area contributed by atoms with Crippen molar-refractivity contribution in [3.05, 3.63) is 35.9 Å². The van der Waals surface area contributed by atoms with Gasteiger partial charge in [0.15, 0.2) is 0 Å². The van der Waals surface area contributed by atoms with Crippen LogP contribution in [0.3, 0.4) is 0 Å². The van der Waals surface area contributed by atoms with Crippen molar-refractivity contribution >= 4 is 5.97 Å². The first kappa shape index (κ1) is 16.1. The lowest BCUT2D eigenvalue weighted by Gasteiger charge is -2.36. The largest absolute Gasteiger partial charge is 0.462 e. The Labute approximate surface area is 128 Å². The highest BCUT2D eigenvalue weighted by Crippen LogP contribution is 2.34. The predicted molar refractivity (Wildman–Crippen MR) is 86.0 cm³/mol. The Balaban J connectivity index is 2.05. The van der Waals surface area contributed by atoms with Crippen molar-refractivity contribution in [2.75, 3.05) is 0 Å². The summed E-state index contributed by atoms with van der Waals surface area (Å²) in [6, 6.07) is 10.5. The second kappa shape index (κ2) is 6.64. The van der Waals surface area contributed by atoms with Crippen LogP contribution in [0.25, 0.3) is 0 Å². The van der Waals surface area contributed by atoms with Crippen LogP contribution in [0.2, 0.25) is 0 Å². The van der Waals surface area contributed by atoms with Crippen molar-refractivity contribution in [1.82, 2.24) is 0 Å². The molecule has 21 heavy (non-hydrogen) atoms. The zero-order chi connectivity index (χ0) is 15.5. The molecule has 0 aliphatic heterocycles. The van der Waals surface area contributed by atoms with Gasteiger partial charge in [-0.2, -0.15) is 0 Å². The first-order chi connectivity index (χ1) is 9.86. The fraction of sp³-hybridized carbons (Fsp3) is 0.632. The molecule has 0 heterocycles. The standard InChI is InChI=1S/C19H28O2/c1-14-10-11-16(13-15-8-6-5-7-9-15)17(12-14)21-18(20)19(2,3)4/h5-9,14,16-17H,10-13H2,1-4H3. The van der Waals surface area contributed by atoms with E-state index >= 15 is 0 Å². The highest BCUT2D eigenvalue weighted by Gasteiger charge is 2.34. The summed E-state index contributed by atoms with van der Waals surface area (Å²) in [5.74, 6) is 1.03. The molecule has 3 unspecified atom stereocenters. The molecule has 1 aromatic carbocycles. The number of carbonyl (C=O) groups is 1. The van der Waals surface area contributed by atoms with E-state index < -0.39 is 5.41 Å². The molecule has 1 aliphatic carbocycles. The van der Waals surface area contributed by atoms with Gasteiger partial charge in [-0.3, -0.25) is 4.79 Å². The molecule has 116 valence electrons. The molecule has 0 amide bonds. The molecule has 0 spiro atoms. The van der Waals surface area contributed by atoms with Gasteiger partial charge in [0, 0.05) is 0 Å². The Kier molecular flexibility index (Phi) is 5.08. The number of benzene rings is 1. The highest BCUT2D eigenvalue weighted by molar-refractivity contribution is 5.75. The second-order valence-corrected chi connectivity index (χ2v) is 7.56. The Morgan fingerprint density at radius 1 is 1.19 bits per heavy atom. The van der Waals surface area contributed by atoms with E-state index in [-0.39, 0.29) is 12.1 Å². The van der Waals surface area contributed by atoms with E-state index in [2.05, 4.69) is 31.2 Å². The average Bonchev–Trinajstić information content (AvgIpc) is 2.42. The normalized spacial score (nSPS) is 26.4. The van der Waals surface area contributed by atoms with Crippen LogP contribution in [0, 0.1) is 17.3 Å². The number of carbonyl (C=O) groups excluding carboxylic acids is 1. The Morgan fingerprint density at radius 2 is 1.86 bits per heavy atom. The van der Waals surface area contributed by atoms with Crippen LogP contribution in [0.5, 0.6) is 0 Å². The number of rotatable bonds is 3. The fourth-order valence-electron chi connectivity index (χ4n) is 3.00. The summed E-state index contributed by atoms with van der Waals surface area (Å²) < 4.78 is 5.87. The van der Waals surface area contributed by atoms with Gasteiger partial charge in [-0.1, -0.05) is 43.7 Å². The summed E-state index contributed by atoms with van der Waals surface area (Å²) in [6.45, 7) is 8.03. The second-order valence-electron chi connectivity index (χ2n) is 7.56. The van der Waals surface area contributed by atoms with E-state index in [4.69, 9.17) is 4.74 Å². The molecule has 2 nitrogen and oxygen atoms in total. The molecular weight excluding hydrogens is 260 g/mol. The highest BCUT2D eigenvalue weighted by atomic mass is 16.5. The maximum absolute atomic E-state index is 12.2. The maximum atomic E-state index is 12.2. The van der Waals surface area contributed by atoms with Crippen molar-refractivity contribution in [2.45, 2.75) is 59.5 Å². The van der Waals surface area contributed by atoms with Gasteiger partial charge in [-0.15, -0.1) is 0 Å². The van der Waals surface area contributed by atoms with E-state index in [9.17, 15) is 4.79 Å². The van der Waals surface area contributed by atoms with Crippen LogP contribution in [0.1, 0.15) is 52.5 Å². The minimum atomic E-state index is -0.419. The fourth-order valence-corrected chi connectivity index (χ4v) is 3.00. The molecule has 0 N–H and O–H groups in total. The summed E-state index contributed by atoms with van der Waals surface area (Å²) in [7, 11) is 0. The van der Waals surface area contributed by atoms with Crippen LogP contribution >= 0.6 is 0 Å². The summed E-state index contributed by atoms with van der Waals surface area (Å²) in [6.07, 6.45) is 4.47. The molecule has 3 atom stereocenters. The van der Waals surface area contributed by atoms with Gasteiger partial charge < -0.3 is 4.74 Å². The van der Waals surface area contributed by atoms with Crippen LogP contribution in [-0.2, 0) is 16.0 Å². The van der Waals surface area contributed by atoms with Crippen LogP contribution in [0.4, 0.5) is 0 Å². The maximum Gasteiger partial charge on any atom is 0.311 e. The van der Waals surface area contributed by atoms with E-state index in [0.717, 1.165) is 19.3 Å². The smallest absolute Gasteiger partial charge is 0.311 e. The molecule has 2 heteroatoms. The lowest BCUT2D eigenvalue weighted by molar-refractivity contribution is -0.164. The van der Waals surface area contributed by atoms with Gasteiger partial charge in [-0.05, 0) is 57.4 Å². The monoisotopic (exact) mass is 288 g/mol. The van der Waals surface area contributed by atoms with Gasteiger partial charge in [0.2, 0.25) is 0 Å². The van der Waals surface area contributed by atoms with Gasteiger partial charge in [-0.25, -0.2) is 0 Å². The van der Waals surface area contributed by atoms with E-state index in [1.54, 1.807) is 0 Å². The summed E-state index contributed by atoms with van der Waals surface area (Å²) in [5, 5.41) is 0. The molecule has 1 fully saturated rings. The van der Waals surface area contributed by atoms with Crippen molar-refractivity contribution in [3.8, 4) is 0 Å². The third-order valence-electron chi connectivity index (χ3n) is 4.40. The topological polar surface area (TPSA) is 26.3 Å². The SMILES string of the molecule is CC1CCC(Cc2ccccc2)C(OC(=O)C(C)(C)C)C1. The summed E-state index contributed by atoms with van der Waals surface area (Å²) >= 11 is 0. The zero-order valence-electron chi connectivity index (χ0n) is 13.8. The Bertz CT molecular complexity index is 458. The van der Waals surface area contributed by atoms with E-state index in [1.165, 1.54) is 12.0 Å². The molecule has 0 radical (unpaired) electrons. The van der Waals surface area contributed by atoms with Crippen LogP contribution < -0.4 is 0 Å². The van der Waals surface area contributed by atoms with Crippen molar-refractivity contribution in [3.63, 3.8) is 0 Å². The van der Waals surface area contributed by atoms with Crippen LogP contribution in [0.15, 0.2) is 30.3 Å². The molecule has 1 aliphatic rings. The van der Waals surface area contributed by atoms with Crippen molar-refractivity contribution in [2.24, 2.45) is 17.3 Å². The minimum Gasteiger partial charge on any atom is -0.462 e. The molecule has 1 aromatic rings. The quantitative estimate of drug-likeness (QED) is 0.758. The lowest BCUT2D eigenvalue weighted by Crippen LogP contribution is -2.37. The summed E-state index contributed by atoms with van der Waals surface area (Å²) in [4.78, 5) is 12.2. The minimum absolute atomic E-state index is 0.0698. The number of ether oxygens (including phenoxy) is 1.